The van der Waals surface area contributed by atoms with Crippen molar-refractivity contribution < 1.29 is 27.8 Å². The van der Waals surface area contributed by atoms with Crippen molar-refractivity contribution in [3.8, 4) is 17.1 Å². The molecule has 0 amide bonds. The van der Waals surface area contributed by atoms with E-state index in [1.165, 1.54) is 4.31 Å². The largest absolute Gasteiger partial charge is 0.548 e. The molecule has 0 N–H and O–H groups in total. The molecule has 49 heavy (non-hydrogen) atoms. The molecule has 0 unspecified atom stereocenters. The fourth-order valence-corrected chi connectivity index (χ4v) is 9.10. The second-order valence-electron chi connectivity index (χ2n) is 13.0. The summed E-state index contributed by atoms with van der Waals surface area (Å²) in [5, 5.41) is 12.5. The summed E-state index contributed by atoms with van der Waals surface area (Å²) in [7, 11) is -4.11. The maximum Gasteiger partial charge on any atom is 0.225 e. The summed E-state index contributed by atoms with van der Waals surface area (Å²) in [4.78, 5) is 19.3. The molecule has 0 atom stereocenters. The second-order valence-corrected chi connectivity index (χ2v) is 15.3. The number of sulfonamides is 1. The Bertz CT molecular complexity index is 1800. The number of carbonyl (C=O) groups excluding carboxylic acids is 1. The van der Waals surface area contributed by atoms with Crippen molar-refractivity contribution in [1.29, 1.82) is 0 Å². The zero-order chi connectivity index (χ0) is 34.3. The van der Waals surface area contributed by atoms with Crippen molar-refractivity contribution in [3.05, 3.63) is 119 Å². The molecule has 258 valence electrons. The lowest BCUT2D eigenvalue weighted by atomic mass is 9.88. The zero-order valence-electron chi connectivity index (χ0n) is 28.0. The normalized spacial score (nSPS) is 17.5. The van der Waals surface area contributed by atoms with E-state index in [0.29, 0.717) is 58.2 Å². The summed E-state index contributed by atoms with van der Waals surface area (Å²) in [5.41, 5.74) is 6.27. The summed E-state index contributed by atoms with van der Waals surface area (Å²) >= 11 is 0. The number of hydrogen-bond acceptors (Lipinski definition) is 8. The molecule has 2 fully saturated rings. The average molecular weight is 683 g/mol. The molecule has 0 spiro atoms. The minimum Gasteiger partial charge on any atom is -0.548 e. The Morgan fingerprint density at radius 1 is 0.857 bits per heavy atom. The van der Waals surface area contributed by atoms with Crippen LogP contribution in [0.3, 0.4) is 0 Å². The van der Waals surface area contributed by atoms with E-state index in [-0.39, 0.29) is 31.8 Å². The molecule has 1 aromatic heterocycles. The molecule has 6 rings (SSSR count). The van der Waals surface area contributed by atoms with E-state index in [0.717, 1.165) is 33.5 Å². The molecule has 0 saturated carbocycles. The van der Waals surface area contributed by atoms with Crippen LogP contribution in [0.15, 0.2) is 97.1 Å². The van der Waals surface area contributed by atoms with Crippen LogP contribution in [0.25, 0.3) is 11.3 Å². The number of piperidine rings is 2. The number of hydrogen-bond donors (Lipinski definition) is 0. The molecule has 3 heterocycles. The van der Waals surface area contributed by atoms with E-state index in [2.05, 4.69) is 30.0 Å². The lowest BCUT2D eigenvalue weighted by Gasteiger charge is -2.45. The number of likely N-dealkylation sites (tertiary alicyclic amines) is 1. The van der Waals surface area contributed by atoms with Gasteiger partial charge in [-0.1, -0.05) is 84.9 Å². The predicted molar refractivity (Wildman–Crippen MR) is 187 cm³/mol. The molecule has 2 aliphatic heterocycles. The third-order valence-corrected chi connectivity index (χ3v) is 12.5. The number of carboxylic acids is 1. The first-order chi connectivity index (χ1) is 23.7. The van der Waals surface area contributed by atoms with Gasteiger partial charge < -0.3 is 19.4 Å². The number of pyridine rings is 1. The fraction of sp³-hybridized carbons (Fsp3) is 0.385. The maximum absolute atomic E-state index is 13.9. The molecule has 3 aromatic carbocycles. The molecule has 2 saturated heterocycles. The Hall–Kier alpha value is -4.09. The quantitative estimate of drug-likeness (QED) is 0.182. The highest BCUT2D eigenvalue weighted by molar-refractivity contribution is 7.91. The standard InChI is InChI=1S/C39H45N3O6S/c1-30-27-34(15-16-35(30)36-13-8-14-37(40-36)48-26-25-47-29-32-11-6-3-7-12-32)33-17-21-42(22-18-33)49(45,46)39(38(43)44)19-23-41(24-20-39)28-31-9-4-2-5-10-31/h2-16,27,33H,17-26,28-29H2,1H3,(H,43,44)/p-1. The summed E-state index contributed by atoms with van der Waals surface area (Å²) in [5.74, 6) is -0.780. The van der Waals surface area contributed by atoms with Crippen LogP contribution in [0.5, 0.6) is 5.88 Å². The number of carbonyl (C=O) groups is 1. The molecule has 9 nitrogen and oxygen atoms in total. The van der Waals surface area contributed by atoms with Gasteiger partial charge >= 0.3 is 0 Å². The average Bonchev–Trinajstić information content (AvgIpc) is 3.12. The highest BCUT2D eigenvalue weighted by atomic mass is 32.2. The zero-order valence-corrected chi connectivity index (χ0v) is 28.8. The number of aliphatic carboxylic acids is 1. The molecule has 0 radical (unpaired) electrons. The van der Waals surface area contributed by atoms with Crippen molar-refractivity contribution in [2.45, 2.75) is 56.4 Å². The smallest absolute Gasteiger partial charge is 0.225 e. The number of ether oxygens (including phenoxy) is 2. The van der Waals surface area contributed by atoms with E-state index in [9.17, 15) is 18.3 Å². The minimum absolute atomic E-state index is 0.0212. The summed E-state index contributed by atoms with van der Waals surface area (Å²) in [6, 6.07) is 32.0. The van der Waals surface area contributed by atoms with Gasteiger partial charge in [-0.25, -0.2) is 17.7 Å². The summed E-state index contributed by atoms with van der Waals surface area (Å²) < 4.78 is 38.9. The van der Waals surface area contributed by atoms with Crippen LogP contribution in [-0.4, -0.2) is 72.7 Å². The molecule has 2 aliphatic rings. The first-order valence-corrected chi connectivity index (χ1v) is 18.5. The number of carboxylic acid groups (broad SMARTS) is 1. The lowest BCUT2D eigenvalue weighted by molar-refractivity contribution is -0.310. The van der Waals surface area contributed by atoms with Gasteiger partial charge in [0.15, 0.2) is 0 Å². The van der Waals surface area contributed by atoms with Crippen molar-refractivity contribution in [1.82, 2.24) is 14.2 Å². The Kier molecular flexibility index (Phi) is 11.1. The Morgan fingerprint density at radius 3 is 2.18 bits per heavy atom. The number of rotatable bonds is 13. The van der Waals surface area contributed by atoms with Gasteiger partial charge in [-0.15, -0.1) is 0 Å². The first-order valence-electron chi connectivity index (χ1n) is 17.0. The van der Waals surface area contributed by atoms with Gasteiger partial charge in [-0.05, 0) is 66.8 Å². The lowest BCUT2D eigenvalue weighted by Crippen LogP contribution is -2.63. The van der Waals surface area contributed by atoms with E-state index >= 15 is 0 Å². The molecule has 0 bridgehead atoms. The molecule has 0 aliphatic carbocycles. The third kappa shape index (κ3) is 8.05. The topological polar surface area (TPSA) is 112 Å². The van der Waals surface area contributed by atoms with Crippen molar-refractivity contribution in [2.24, 2.45) is 0 Å². The number of benzene rings is 3. The number of aromatic nitrogens is 1. The van der Waals surface area contributed by atoms with Crippen LogP contribution >= 0.6 is 0 Å². The highest BCUT2D eigenvalue weighted by Crippen LogP contribution is 2.38. The van der Waals surface area contributed by atoms with Gasteiger partial charge in [0.05, 0.1) is 24.9 Å². The van der Waals surface area contributed by atoms with Crippen LogP contribution in [-0.2, 0) is 32.7 Å². The number of aryl methyl sites for hydroxylation is 1. The van der Waals surface area contributed by atoms with Crippen molar-refractivity contribution >= 4 is 16.0 Å². The summed E-state index contributed by atoms with van der Waals surface area (Å²) in [6.45, 7) is 5.44. The highest BCUT2D eigenvalue weighted by Gasteiger charge is 2.50. The van der Waals surface area contributed by atoms with Crippen molar-refractivity contribution in [3.63, 3.8) is 0 Å². The molecular weight excluding hydrogens is 639 g/mol. The fourth-order valence-electron chi connectivity index (χ4n) is 7.00. The third-order valence-electron chi connectivity index (χ3n) is 9.88. The van der Waals surface area contributed by atoms with E-state index in [1.807, 2.05) is 78.9 Å². The Morgan fingerprint density at radius 2 is 1.53 bits per heavy atom. The summed E-state index contributed by atoms with van der Waals surface area (Å²) in [6.07, 6.45) is 1.28. The van der Waals surface area contributed by atoms with E-state index < -0.39 is 20.7 Å². The van der Waals surface area contributed by atoms with Gasteiger partial charge in [-0.3, -0.25) is 4.90 Å². The van der Waals surface area contributed by atoms with Crippen LogP contribution in [0.4, 0.5) is 0 Å². The van der Waals surface area contributed by atoms with Gasteiger partial charge in [0, 0.05) is 44.4 Å². The van der Waals surface area contributed by atoms with Gasteiger partial charge in [0.1, 0.15) is 11.4 Å². The minimum atomic E-state index is -4.11. The van der Waals surface area contributed by atoms with Crippen LogP contribution in [0.2, 0.25) is 0 Å². The van der Waals surface area contributed by atoms with Crippen molar-refractivity contribution in [2.75, 3.05) is 39.4 Å². The molecule has 4 aromatic rings. The Balaban J connectivity index is 1.03. The van der Waals surface area contributed by atoms with Crippen LogP contribution in [0.1, 0.15) is 53.9 Å². The maximum atomic E-state index is 13.9. The number of nitrogens with zero attached hydrogens (tertiary/aromatic N) is 3. The molecular formula is C39H44N3O6S-. The second kappa shape index (κ2) is 15.6. The van der Waals surface area contributed by atoms with Crippen LogP contribution < -0.4 is 9.84 Å². The predicted octanol–water partition coefficient (Wildman–Crippen LogP) is 4.95. The van der Waals surface area contributed by atoms with Crippen LogP contribution in [0, 0.1) is 6.92 Å². The van der Waals surface area contributed by atoms with E-state index in [1.54, 1.807) is 0 Å². The SMILES string of the molecule is Cc1cc(C2CCN(S(=O)(=O)C3(C(=O)[O-])CCN(Cc4ccccc4)CC3)CC2)ccc1-c1cccc(OCCOCc2ccccc2)n1. The Labute approximate surface area is 289 Å². The first kappa shape index (κ1) is 34.8. The van der Waals surface area contributed by atoms with Gasteiger partial charge in [0.25, 0.3) is 0 Å². The molecule has 10 heteroatoms. The van der Waals surface area contributed by atoms with E-state index in [4.69, 9.17) is 14.5 Å². The van der Waals surface area contributed by atoms with Gasteiger partial charge in [0.2, 0.25) is 15.9 Å². The monoisotopic (exact) mass is 682 g/mol. The van der Waals surface area contributed by atoms with Gasteiger partial charge in [-0.2, -0.15) is 0 Å².